The Bertz CT molecular complexity index is 524. The molecule has 0 spiro atoms. The van der Waals surface area contributed by atoms with E-state index in [4.69, 9.17) is 9.47 Å². The molecule has 0 N–H and O–H groups in total. The summed E-state index contributed by atoms with van der Waals surface area (Å²) < 4.78 is 11.5. The van der Waals surface area contributed by atoms with Crippen molar-refractivity contribution in [2.75, 3.05) is 53.5 Å². The summed E-state index contributed by atoms with van der Waals surface area (Å²) in [5.41, 5.74) is 0. The fourth-order valence-corrected chi connectivity index (χ4v) is 2.65. The second-order valence-electron chi connectivity index (χ2n) is 6.64. The SMILES string of the molecule is CN(CCCOc1ccccc1)CCN(C)CCCOc1ccccc1. The van der Waals surface area contributed by atoms with Crippen molar-refractivity contribution < 1.29 is 9.47 Å². The molecule has 0 aliphatic rings. The lowest BCUT2D eigenvalue weighted by atomic mass is 10.3. The second kappa shape index (κ2) is 12.3. The van der Waals surface area contributed by atoms with Gasteiger partial charge in [-0.15, -0.1) is 0 Å². The Morgan fingerprint density at radius 2 is 0.962 bits per heavy atom. The van der Waals surface area contributed by atoms with Gasteiger partial charge in [-0.1, -0.05) is 36.4 Å². The largest absolute Gasteiger partial charge is 0.494 e. The molecule has 0 amide bonds. The van der Waals surface area contributed by atoms with Crippen molar-refractivity contribution >= 4 is 0 Å². The van der Waals surface area contributed by atoms with Gasteiger partial charge in [-0.25, -0.2) is 0 Å². The molecule has 0 radical (unpaired) electrons. The van der Waals surface area contributed by atoms with Gasteiger partial charge in [-0.05, 0) is 51.2 Å². The third-order valence-corrected chi connectivity index (χ3v) is 4.26. The van der Waals surface area contributed by atoms with Crippen LogP contribution < -0.4 is 9.47 Å². The maximum absolute atomic E-state index is 5.73. The minimum absolute atomic E-state index is 0.765. The Labute approximate surface area is 158 Å². The molecule has 4 nitrogen and oxygen atoms in total. The van der Waals surface area contributed by atoms with Crippen LogP contribution >= 0.6 is 0 Å². The number of benzene rings is 2. The molecule has 0 saturated carbocycles. The van der Waals surface area contributed by atoms with Gasteiger partial charge in [0, 0.05) is 26.2 Å². The normalized spacial score (nSPS) is 11.1. The Morgan fingerprint density at radius 1 is 0.577 bits per heavy atom. The molecule has 0 saturated heterocycles. The van der Waals surface area contributed by atoms with E-state index in [-0.39, 0.29) is 0 Å². The molecule has 0 fully saturated rings. The summed E-state index contributed by atoms with van der Waals surface area (Å²) in [5.74, 6) is 1.90. The van der Waals surface area contributed by atoms with E-state index in [2.05, 4.69) is 23.9 Å². The molecule has 0 unspecified atom stereocenters. The van der Waals surface area contributed by atoms with E-state index in [1.54, 1.807) is 0 Å². The molecule has 2 rings (SSSR count). The van der Waals surface area contributed by atoms with Crippen molar-refractivity contribution in [3.63, 3.8) is 0 Å². The van der Waals surface area contributed by atoms with E-state index in [1.807, 2.05) is 60.7 Å². The third kappa shape index (κ3) is 8.88. The highest BCUT2D eigenvalue weighted by Gasteiger charge is 2.03. The lowest BCUT2D eigenvalue weighted by molar-refractivity contribution is 0.221. The van der Waals surface area contributed by atoms with Gasteiger partial charge < -0.3 is 19.3 Å². The van der Waals surface area contributed by atoms with Crippen LogP contribution in [-0.2, 0) is 0 Å². The van der Waals surface area contributed by atoms with E-state index >= 15 is 0 Å². The first-order valence-electron chi connectivity index (χ1n) is 9.47. The summed E-state index contributed by atoms with van der Waals surface area (Å²) >= 11 is 0. The molecule has 0 aromatic heterocycles. The third-order valence-electron chi connectivity index (χ3n) is 4.26. The van der Waals surface area contributed by atoms with Crippen LogP contribution in [0, 0.1) is 0 Å². The molecule has 0 atom stereocenters. The van der Waals surface area contributed by atoms with Crippen LogP contribution in [0.5, 0.6) is 11.5 Å². The van der Waals surface area contributed by atoms with Gasteiger partial charge in [0.05, 0.1) is 13.2 Å². The molecule has 0 aliphatic heterocycles. The Hall–Kier alpha value is -2.04. The van der Waals surface area contributed by atoms with E-state index in [1.165, 1.54) is 0 Å². The number of para-hydroxylation sites is 2. The molecule has 0 aliphatic carbocycles. The van der Waals surface area contributed by atoms with Gasteiger partial charge >= 0.3 is 0 Å². The summed E-state index contributed by atoms with van der Waals surface area (Å²) in [6.45, 7) is 5.78. The van der Waals surface area contributed by atoms with Crippen molar-refractivity contribution in [2.24, 2.45) is 0 Å². The number of rotatable bonds is 13. The molecule has 26 heavy (non-hydrogen) atoms. The summed E-state index contributed by atoms with van der Waals surface area (Å²) in [7, 11) is 4.35. The summed E-state index contributed by atoms with van der Waals surface area (Å²) in [6, 6.07) is 20.0. The summed E-state index contributed by atoms with van der Waals surface area (Å²) in [4.78, 5) is 4.73. The van der Waals surface area contributed by atoms with Crippen molar-refractivity contribution in [3.8, 4) is 11.5 Å². The topological polar surface area (TPSA) is 24.9 Å². The van der Waals surface area contributed by atoms with Gasteiger partial charge in [0.25, 0.3) is 0 Å². The first-order valence-corrected chi connectivity index (χ1v) is 9.47. The van der Waals surface area contributed by atoms with Crippen LogP contribution in [0.15, 0.2) is 60.7 Å². The molecule has 0 bridgehead atoms. The van der Waals surface area contributed by atoms with Crippen molar-refractivity contribution in [1.82, 2.24) is 9.80 Å². The molecule has 2 aromatic rings. The first kappa shape index (κ1) is 20.3. The smallest absolute Gasteiger partial charge is 0.119 e. The predicted octanol–water partition coefficient (Wildman–Crippen LogP) is 3.79. The highest BCUT2D eigenvalue weighted by atomic mass is 16.5. The van der Waals surface area contributed by atoms with Gasteiger partial charge in [0.1, 0.15) is 11.5 Å². The maximum atomic E-state index is 5.73. The van der Waals surface area contributed by atoms with E-state index < -0.39 is 0 Å². The zero-order valence-corrected chi connectivity index (χ0v) is 16.1. The zero-order valence-electron chi connectivity index (χ0n) is 16.1. The molecule has 142 valence electrons. The van der Waals surface area contributed by atoms with Crippen LogP contribution in [-0.4, -0.2) is 63.3 Å². The lowest BCUT2D eigenvalue weighted by Gasteiger charge is -2.22. The summed E-state index contributed by atoms with van der Waals surface area (Å²) in [5, 5.41) is 0. The fourth-order valence-electron chi connectivity index (χ4n) is 2.65. The predicted molar refractivity (Wildman–Crippen MR) is 108 cm³/mol. The van der Waals surface area contributed by atoms with Crippen molar-refractivity contribution in [1.29, 1.82) is 0 Å². The Balaban J connectivity index is 1.45. The van der Waals surface area contributed by atoms with Crippen LogP contribution in [0.3, 0.4) is 0 Å². The van der Waals surface area contributed by atoms with Crippen LogP contribution in [0.4, 0.5) is 0 Å². The van der Waals surface area contributed by atoms with E-state index in [9.17, 15) is 0 Å². The Kier molecular flexibility index (Phi) is 9.62. The second-order valence-corrected chi connectivity index (χ2v) is 6.64. The number of likely N-dealkylation sites (N-methyl/N-ethyl adjacent to an activating group) is 2. The van der Waals surface area contributed by atoms with Gasteiger partial charge in [-0.3, -0.25) is 0 Å². The fraction of sp³-hybridized carbons (Fsp3) is 0.455. The van der Waals surface area contributed by atoms with Gasteiger partial charge in [0.2, 0.25) is 0 Å². The standard InChI is InChI=1S/C22H32N2O2/c1-23(15-9-19-25-21-11-5-3-6-12-21)17-18-24(2)16-10-20-26-22-13-7-4-8-14-22/h3-8,11-14H,9-10,15-20H2,1-2H3. The average molecular weight is 357 g/mol. The van der Waals surface area contributed by atoms with E-state index in [0.717, 1.165) is 63.7 Å². The lowest BCUT2D eigenvalue weighted by Crippen LogP contribution is -2.32. The first-order chi connectivity index (χ1) is 12.7. The minimum atomic E-state index is 0.765. The van der Waals surface area contributed by atoms with Crippen molar-refractivity contribution in [3.05, 3.63) is 60.7 Å². The minimum Gasteiger partial charge on any atom is -0.494 e. The monoisotopic (exact) mass is 356 g/mol. The highest BCUT2D eigenvalue weighted by Crippen LogP contribution is 2.09. The quantitative estimate of drug-likeness (QED) is 0.510. The zero-order chi connectivity index (χ0) is 18.5. The molecule has 2 aromatic carbocycles. The molecular weight excluding hydrogens is 324 g/mol. The van der Waals surface area contributed by atoms with Crippen LogP contribution in [0.1, 0.15) is 12.8 Å². The number of nitrogens with zero attached hydrogens (tertiary/aromatic N) is 2. The Morgan fingerprint density at radius 3 is 1.35 bits per heavy atom. The average Bonchev–Trinajstić information content (AvgIpc) is 2.68. The van der Waals surface area contributed by atoms with Gasteiger partial charge in [-0.2, -0.15) is 0 Å². The molecule has 4 heteroatoms. The molecule has 0 heterocycles. The van der Waals surface area contributed by atoms with Crippen LogP contribution in [0.25, 0.3) is 0 Å². The van der Waals surface area contributed by atoms with E-state index in [0.29, 0.717) is 0 Å². The maximum Gasteiger partial charge on any atom is 0.119 e. The number of hydrogen-bond acceptors (Lipinski definition) is 4. The van der Waals surface area contributed by atoms with Crippen molar-refractivity contribution in [2.45, 2.75) is 12.8 Å². The van der Waals surface area contributed by atoms with Crippen LogP contribution in [0.2, 0.25) is 0 Å². The number of ether oxygens (including phenoxy) is 2. The molecular formula is C22H32N2O2. The van der Waals surface area contributed by atoms with Gasteiger partial charge in [0.15, 0.2) is 0 Å². The number of hydrogen-bond donors (Lipinski definition) is 0. The summed E-state index contributed by atoms with van der Waals surface area (Å²) in [6.07, 6.45) is 2.08. The highest BCUT2D eigenvalue weighted by molar-refractivity contribution is 5.21.